The largest absolute Gasteiger partial charge is 0.310 e. The van der Waals surface area contributed by atoms with Crippen molar-refractivity contribution in [3.05, 3.63) is 17.5 Å². The van der Waals surface area contributed by atoms with Crippen LogP contribution in [0.3, 0.4) is 0 Å². The SMILES string of the molecule is CCc1cc(CNCCN(C)C(C)C)n(C)n1. The van der Waals surface area contributed by atoms with E-state index in [2.05, 4.69) is 49.2 Å². The van der Waals surface area contributed by atoms with E-state index in [9.17, 15) is 0 Å². The second-order valence-corrected chi connectivity index (χ2v) is 4.86. The number of likely N-dealkylation sites (N-methyl/N-ethyl adjacent to an activating group) is 1. The lowest BCUT2D eigenvalue weighted by Gasteiger charge is -2.20. The van der Waals surface area contributed by atoms with E-state index < -0.39 is 0 Å². The summed E-state index contributed by atoms with van der Waals surface area (Å²) in [5.41, 5.74) is 2.43. The maximum Gasteiger partial charge on any atom is 0.0625 e. The lowest BCUT2D eigenvalue weighted by molar-refractivity contribution is 0.273. The molecule has 1 heterocycles. The Morgan fingerprint density at radius 2 is 2.18 bits per heavy atom. The fourth-order valence-electron chi connectivity index (χ4n) is 1.64. The van der Waals surface area contributed by atoms with Gasteiger partial charge in [-0.2, -0.15) is 5.10 Å². The first-order valence-corrected chi connectivity index (χ1v) is 6.47. The fourth-order valence-corrected chi connectivity index (χ4v) is 1.64. The van der Waals surface area contributed by atoms with E-state index in [-0.39, 0.29) is 0 Å². The van der Waals surface area contributed by atoms with Crippen molar-refractivity contribution in [1.29, 1.82) is 0 Å². The van der Waals surface area contributed by atoms with Crippen molar-refractivity contribution in [2.24, 2.45) is 7.05 Å². The van der Waals surface area contributed by atoms with Crippen LogP contribution in [0.4, 0.5) is 0 Å². The highest BCUT2D eigenvalue weighted by Gasteiger charge is 2.04. The van der Waals surface area contributed by atoms with Crippen LogP contribution in [-0.2, 0) is 20.0 Å². The van der Waals surface area contributed by atoms with Crippen molar-refractivity contribution < 1.29 is 0 Å². The quantitative estimate of drug-likeness (QED) is 0.729. The van der Waals surface area contributed by atoms with Crippen LogP contribution in [-0.4, -0.2) is 40.9 Å². The van der Waals surface area contributed by atoms with Gasteiger partial charge in [-0.05, 0) is 33.4 Å². The summed E-state index contributed by atoms with van der Waals surface area (Å²) in [6.45, 7) is 9.56. The lowest BCUT2D eigenvalue weighted by Crippen LogP contribution is -2.33. The summed E-state index contributed by atoms with van der Waals surface area (Å²) in [4.78, 5) is 2.34. The zero-order valence-electron chi connectivity index (χ0n) is 11.8. The van der Waals surface area contributed by atoms with Gasteiger partial charge in [0.05, 0.1) is 11.4 Å². The molecule has 0 saturated heterocycles. The van der Waals surface area contributed by atoms with E-state index >= 15 is 0 Å². The third kappa shape index (κ3) is 4.48. The summed E-state index contributed by atoms with van der Waals surface area (Å²) >= 11 is 0. The van der Waals surface area contributed by atoms with Crippen LogP contribution >= 0.6 is 0 Å². The fraction of sp³-hybridized carbons (Fsp3) is 0.769. The van der Waals surface area contributed by atoms with Gasteiger partial charge in [0.1, 0.15) is 0 Å². The van der Waals surface area contributed by atoms with Crippen molar-refractivity contribution in [1.82, 2.24) is 20.0 Å². The number of nitrogens with zero attached hydrogens (tertiary/aromatic N) is 3. The number of nitrogens with one attached hydrogen (secondary N) is 1. The molecule has 0 aliphatic rings. The Labute approximate surface area is 105 Å². The second-order valence-electron chi connectivity index (χ2n) is 4.86. The number of hydrogen-bond donors (Lipinski definition) is 1. The number of aromatic nitrogens is 2. The average molecular weight is 238 g/mol. The van der Waals surface area contributed by atoms with Crippen LogP contribution in [0, 0.1) is 0 Å². The molecule has 0 unspecified atom stereocenters. The van der Waals surface area contributed by atoms with Crippen LogP contribution in [0.25, 0.3) is 0 Å². The van der Waals surface area contributed by atoms with Gasteiger partial charge in [0.25, 0.3) is 0 Å². The molecule has 0 fully saturated rings. The van der Waals surface area contributed by atoms with E-state index in [1.807, 2.05) is 11.7 Å². The molecular formula is C13H26N4. The zero-order chi connectivity index (χ0) is 12.8. The molecule has 0 spiro atoms. The molecule has 1 aromatic heterocycles. The molecule has 0 atom stereocenters. The highest BCUT2D eigenvalue weighted by Crippen LogP contribution is 2.03. The van der Waals surface area contributed by atoms with Crippen LogP contribution in [0.1, 0.15) is 32.2 Å². The highest BCUT2D eigenvalue weighted by atomic mass is 15.3. The number of rotatable bonds is 7. The van der Waals surface area contributed by atoms with Gasteiger partial charge in [-0.1, -0.05) is 6.92 Å². The maximum atomic E-state index is 4.44. The Morgan fingerprint density at radius 3 is 2.71 bits per heavy atom. The van der Waals surface area contributed by atoms with Crippen LogP contribution in [0.2, 0.25) is 0 Å². The van der Waals surface area contributed by atoms with Crippen molar-refractivity contribution in [2.45, 2.75) is 39.8 Å². The van der Waals surface area contributed by atoms with Gasteiger partial charge in [-0.25, -0.2) is 0 Å². The van der Waals surface area contributed by atoms with Gasteiger partial charge >= 0.3 is 0 Å². The number of aryl methyl sites for hydroxylation is 2. The predicted molar refractivity (Wildman–Crippen MR) is 72.1 cm³/mol. The average Bonchev–Trinajstić information content (AvgIpc) is 2.65. The molecule has 1 rings (SSSR count). The van der Waals surface area contributed by atoms with Crippen molar-refractivity contribution in [3.8, 4) is 0 Å². The van der Waals surface area contributed by atoms with E-state index in [0.29, 0.717) is 6.04 Å². The minimum Gasteiger partial charge on any atom is -0.310 e. The van der Waals surface area contributed by atoms with E-state index in [1.54, 1.807) is 0 Å². The molecule has 0 aromatic carbocycles. The van der Waals surface area contributed by atoms with E-state index in [1.165, 1.54) is 11.4 Å². The normalized spacial score (nSPS) is 11.7. The summed E-state index contributed by atoms with van der Waals surface area (Å²) in [6, 6.07) is 2.79. The second kappa shape index (κ2) is 6.77. The first-order valence-electron chi connectivity index (χ1n) is 6.47. The Kier molecular flexibility index (Phi) is 5.65. The van der Waals surface area contributed by atoms with Crippen LogP contribution in [0.15, 0.2) is 6.07 Å². The molecule has 1 aromatic rings. The Balaban J connectivity index is 2.28. The summed E-state index contributed by atoms with van der Waals surface area (Å²) in [6.07, 6.45) is 1.00. The summed E-state index contributed by atoms with van der Waals surface area (Å²) < 4.78 is 1.97. The standard InChI is InChI=1S/C13H26N4/c1-6-12-9-13(17(5)15-12)10-14-7-8-16(4)11(2)3/h9,11,14H,6-8,10H2,1-5H3. The minimum absolute atomic E-state index is 0.611. The molecule has 4 heteroatoms. The molecule has 1 N–H and O–H groups in total. The molecule has 0 amide bonds. The van der Waals surface area contributed by atoms with Gasteiger partial charge in [0.15, 0.2) is 0 Å². The maximum absolute atomic E-state index is 4.44. The lowest BCUT2D eigenvalue weighted by atomic mass is 10.3. The molecular weight excluding hydrogens is 212 g/mol. The molecule has 0 aliphatic heterocycles. The molecule has 0 bridgehead atoms. The smallest absolute Gasteiger partial charge is 0.0625 e. The Morgan fingerprint density at radius 1 is 1.47 bits per heavy atom. The van der Waals surface area contributed by atoms with Crippen LogP contribution < -0.4 is 5.32 Å². The molecule has 0 aliphatic carbocycles. The Hall–Kier alpha value is -0.870. The van der Waals surface area contributed by atoms with Gasteiger partial charge in [0.2, 0.25) is 0 Å². The summed E-state index contributed by atoms with van der Waals surface area (Å²) in [5.74, 6) is 0. The zero-order valence-corrected chi connectivity index (χ0v) is 11.8. The van der Waals surface area contributed by atoms with Gasteiger partial charge in [-0.15, -0.1) is 0 Å². The van der Waals surface area contributed by atoms with Gasteiger partial charge in [0, 0.05) is 32.7 Å². The Bertz CT molecular complexity index is 330. The van der Waals surface area contributed by atoms with Gasteiger partial charge < -0.3 is 10.2 Å². The third-order valence-electron chi connectivity index (χ3n) is 3.22. The van der Waals surface area contributed by atoms with Gasteiger partial charge in [-0.3, -0.25) is 4.68 Å². The summed E-state index contributed by atoms with van der Waals surface area (Å²) in [7, 11) is 4.17. The third-order valence-corrected chi connectivity index (χ3v) is 3.22. The topological polar surface area (TPSA) is 33.1 Å². The molecule has 4 nitrogen and oxygen atoms in total. The predicted octanol–water partition coefficient (Wildman–Crippen LogP) is 1.41. The van der Waals surface area contributed by atoms with Crippen LogP contribution in [0.5, 0.6) is 0 Å². The number of hydrogen-bond acceptors (Lipinski definition) is 3. The van der Waals surface area contributed by atoms with Crippen molar-refractivity contribution in [2.75, 3.05) is 20.1 Å². The van der Waals surface area contributed by atoms with Crippen molar-refractivity contribution >= 4 is 0 Å². The summed E-state index contributed by atoms with van der Waals surface area (Å²) in [5, 5.41) is 7.90. The molecule has 0 radical (unpaired) electrons. The minimum atomic E-state index is 0.611. The molecule has 0 saturated carbocycles. The first-order chi connectivity index (χ1) is 8.04. The first kappa shape index (κ1) is 14.2. The molecule has 98 valence electrons. The molecule has 17 heavy (non-hydrogen) atoms. The van der Waals surface area contributed by atoms with E-state index in [0.717, 1.165) is 26.1 Å². The van der Waals surface area contributed by atoms with Crippen molar-refractivity contribution in [3.63, 3.8) is 0 Å². The van der Waals surface area contributed by atoms with E-state index in [4.69, 9.17) is 0 Å². The highest BCUT2D eigenvalue weighted by molar-refractivity contribution is 5.09. The monoisotopic (exact) mass is 238 g/mol.